The Morgan fingerprint density at radius 3 is 2.16 bits per heavy atom. The molecule has 0 fully saturated rings. The van der Waals surface area contributed by atoms with Crippen LogP contribution in [0.25, 0.3) is 0 Å². The van der Waals surface area contributed by atoms with E-state index in [0.29, 0.717) is 0 Å². The van der Waals surface area contributed by atoms with Gasteiger partial charge in [0.15, 0.2) is 0 Å². The molecular weight excluding hydrogens is 448 g/mol. The SMILES string of the molecule is C.CCCC/C=C(\C)CC/C=C(\C)CCCC(C)CCc1ccc(C)c(C)c1OCCCCCCCC. The minimum Gasteiger partial charge on any atom is -0.493 e. The summed E-state index contributed by atoms with van der Waals surface area (Å²) < 4.78 is 6.37. The molecule has 1 aromatic rings. The van der Waals surface area contributed by atoms with E-state index in [2.05, 4.69) is 72.8 Å². The van der Waals surface area contributed by atoms with Crippen LogP contribution in [0.15, 0.2) is 35.4 Å². The number of hydrogen-bond acceptors (Lipinski definition) is 1. The second-order valence-electron chi connectivity index (χ2n) is 11.4. The van der Waals surface area contributed by atoms with Gasteiger partial charge in [-0.05, 0) is 102 Å². The summed E-state index contributed by atoms with van der Waals surface area (Å²) in [6, 6.07) is 4.60. The molecule has 0 bridgehead atoms. The zero-order chi connectivity index (χ0) is 26.6. The van der Waals surface area contributed by atoms with Gasteiger partial charge in [-0.15, -0.1) is 0 Å². The minimum absolute atomic E-state index is 0. The number of allylic oxidation sites excluding steroid dienone is 4. The first-order valence-corrected chi connectivity index (χ1v) is 15.4. The Hall–Kier alpha value is -1.50. The van der Waals surface area contributed by atoms with Crippen molar-refractivity contribution in [1.82, 2.24) is 0 Å². The van der Waals surface area contributed by atoms with Gasteiger partial charge < -0.3 is 4.74 Å². The first-order chi connectivity index (χ1) is 17.4. The number of ether oxygens (including phenoxy) is 1. The Kier molecular flexibility index (Phi) is 21.6. The molecule has 1 nitrogen and oxygen atoms in total. The van der Waals surface area contributed by atoms with Crippen molar-refractivity contribution in [3.05, 3.63) is 52.1 Å². The van der Waals surface area contributed by atoms with Crippen LogP contribution < -0.4 is 4.74 Å². The zero-order valence-electron chi connectivity index (χ0n) is 25.3. The van der Waals surface area contributed by atoms with E-state index in [1.54, 1.807) is 11.1 Å². The largest absolute Gasteiger partial charge is 0.493 e. The van der Waals surface area contributed by atoms with Crippen LogP contribution in [0.5, 0.6) is 5.75 Å². The van der Waals surface area contributed by atoms with Gasteiger partial charge in [-0.1, -0.05) is 115 Å². The molecule has 0 heterocycles. The van der Waals surface area contributed by atoms with Crippen molar-refractivity contribution < 1.29 is 4.74 Å². The third-order valence-corrected chi connectivity index (χ3v) is 7.76. The number of rotatable bonds is 21. The highest BCUT2D eigenvalue weighted by Crippen LogP contribution is 2.29. The molecule has 1 atom stereocenters. The maximum absolute atomic E-state index is 6.37. The van der Waals surface area contributed by atoms with Crippen molar-refractivity contribution in [1.29, 1.82) is 0 Å². The molecule has 0 aliphatic rings. The molecule has 1 unspecified atom stereocenters. The van der Waals surface area contributed by atoms with Gasteiger partial charge in [0.2, 0.25) is 0 Å². The van der Waals surface area contributed by atoms with E-state index < -0.39 is 0 Å². The van der Waals surface area contributed by atoms with Gasteiger partial charge >= 0.3 is 0 Å². The summed E-state index contributed by atoms with van der Waals surface area (Å²) in [6.07, 6.45) is 25.3. The van der Waals surface area contributed by atoms with E-state index in [-0.39, 0.29) is 7.43 Å². The van der Waals surface area contributed by atoms with Crippen LogP contribution in [-0.4, -0.2) is 6.61 Å². The summed E-state index contributed by atoms with van der Waals surface area (Å²) in [5.41, 5.74) is 7.22. The Labute approximate surface area is 233 Å². The van der Waals surface area contributed by atoms with Crippen molar-refractivity contribution in [2.24, 2.45) is 5.92 Å². The molecule has 0 saturated heterocycles. The summed E-state index contributed by atoms with van der Waals surface area (Å²) >= 11 is 0. The molecule has 214 valence electrons. The number of hydrogen-bond donors (Lipinski definition) is 0. The molecule has 0 aliphatic carbocycles. The fourth-order valence-corrected chi connectivity index (χ4v) is 4.88. The van der Waals surface area contributed by atoms with Crippen LogP contribution in [0.2, 0.25) is 0 Å². The van der Waals surface area contributed by atoms with Crippen molar-refractivity contribution in [3.8, 4) is 5.75 Å². The third-order valence-electron chi connectivity index (χ3n) is 7.76. The molecule has 1 heteroatoms. The fourth-order valence-electron chi connectivity index (χ4n) is 4.88. The summed E-state index contributed by atoms with van der Waals surface area (Å²) in [5, 5.41) is 0. The summed E-state index contributed by atoms with van der Waals surface area (Å²) in [5.74, 6) is 1.93. The number of unbranched alkanes of at least 4 members (excludes halogenated alkanes) is 7. The van der Waals surface area contributed by atoms with Gasteiger partial charge in [0.25, 0.3) is 0 Å². The molecule has 0 aliphatic heterocycles. The second-order valence-corrected chi connectivity index (χ2v) is 11.4. The Morgan fingerprint density at radius 1 is 0.784 bits per heavy atom. The monoisotopic (exact) mass is 512 g/mol. The zero-order valence-corrected chi connectivity index (χ0v) is 25.3. The highest BCUT2D eigenvalue weighted by Gasteiger charge is 2.12. The average Bonchev–Trinajstić information content (AvgIpc) is 2.85. The molecule has 0 spiro atoms. The molecule has 0 amide bonds. The van der Waals surface area contributed by atoms with Crippen LogP contribution in [0, 0.1) is 19.8 Å². The molecule has 0 aromatic heterocycles. The van der Waals surface area contributed by atoms with E-state index in [1.165, 1.54) is 119 Å². The molecule has 1 aromatic carbocycles. The predicted octanol–water partition coefficient (Wildman–Crippen LogP) is 12.3. The molecule has 0 N–H and O–H groups in total. The van der Waals surface area contributed by atoms with E-state index in [9.17, 15) is 0 Å². The van der Waals surface area contributed by atoms with Crippen molar-refractivity contribution in [2.75, 3.05) is 6.61 Å². The number of benzene rings is 1. The molecule has 1 rings (SSSR count). The van der Waals surface area contributed by atoms with Gasteiger partial charge in [0.05, 0.1) is 6.61 Å². The maximum atomic E-state index is 6.37. The van der Waals surface area contributed by atoms with Gasteiger partial charge in [0, 0.05) is 0 Å². The van der Waals surface area contributed by atoms with Crippen molar-refractivity contribution >= 4 is 0 Å². The smallest absolute Gasteiger partial charge is 0.125 e. The molecule has 0 saturated carbocycles. The molecular formula is C36H64O. The lowest BCUT2D eigenvalue weighted by Gasteiger charge is -2.18. The fraction of sp³-hybridized carbons (Fsp3) is 0.722. The highest BCUT2D eigenvalue weighted by molar-refractivity contribution is 5.45. The lowest BCUT2D eigenvalue weighted by molar-refractivity contribution is 0.298. The van der Waals surface area contributed by atoms with Gasteiger partial charge in [0.1, 0.15) is 5.75 Å². The van der Waals surface area contributed by atoms with Crippen LogP contribution >= 0.6 is 0 Å². The average molecular weight is 513 g/mol. The Morgan fingerprint density at radius 2 is 1.43 bits per heavy atom. The Balaban J connectivity index is 0.0000130. The van der Waals surface area contributed by atoms with Gasteiger partial charge in [-0.3, -0.25) is 0 Å². The van der Waals surface area contributed by atoms with Crippen LogP contribution in [0.3, 0.4) is 0 Å². The normalized spacial score (nSPS) is 12.9. The lowest BCUT2D eigenvalue weighted by Crippen LogP contribution is -2.05. The lowest BCUT2D eigenvalue weighted by atomic mass is 9.93. The Bertz CT molecular complexity index is 754. The topological polar surface area (TPSA) is 9.23 Å². The third kappa shape index (κ3) is 16.9. The van der Waals surface area contributed by atoms with E-state index in [1.807, 2.05) is 0 Å². The summed E-state index contributed by atoms with van der Waals surface area (Å²) in [4.78, 5) is 0. The first kappa shape index (κ1) is 35.5. The van der Waals surface area contributed by atoms with E-state index in [0.717, 1.165) is 18.9 Å². The van der Waals surface area contributed by atoms with Gasteiger partial charge in [-0.2, -0.15) is 0 Å². The summed E-state index contributed by atoms with van der Waals surface area (Å²) in [6.45, 7) is 16.9. The van der Waals surface area contributed by atoms with Crippen LogP contribution in [0.1, 0.15) is 155 Å². The quantitative estimate of drug-likeness (QED) is 0.117. The second kappa shape index (κ2) is 22.5. The number of aryl methyl sites for hydroxylation is 2. The van der Waals surface area contributed by atoms with Crippen molar-refractivity contribution in [2.45, 2.75) is 159 Å². The highest BCUT2D eigenvalue weighted by atomic mass is 16.5. The maximum Gasteiger partial charge on any atom is 0.125 e. The van der Waals surface area contributed by atoms with Crippen LogP contribution in [-0.2, 0) is 6.42 Å². The summed E-state index contributed by atoms with van der Waals surface area (Å²) in [7, 11) is 0. The standard InChI is InChI=1S/C35H60O.CH4/c1-8-10-12-13-14-16-28-36-35-33(7)32(6)25-27-34(35)26-24-31(5)23-18-22-30(4)21-17-20-29(3)19-15-11-9-2;/h19,21,25,27,31H,8-18,20,22-24,26,28H2,1-7H3;1H4/b29-19+,30-21+;. The first-order valence-electron chi connectivity index (χ1n) is 15.4. The molecule has 37 heavy (non-hydrogen) atoms. The van der Waals surface area contributed by atoms with E-state index >= 15 is 0 Å². The molecule has 0 radical (unpaired) electrons. The minimum atomic E-state index is 0. The van der Waals surface area contributed by atoms with Crippen LogP contribution in [0.4, 0.5) is 0 Å². The van der Waals surface area contributed by atoms with Crippen molar-refractivity contribution in [3.63, 3.8) is 0 Å². The predicted molar refractivity (Wildman–Crippen MR) is 169 cm³/mol. The van der Waals surface area contributed by atoms with Gasteiger partial charge in [-0.25, -0.2) is 0 Å². The van der Waals surface area contributed by atoms with E-state index in [4.69, 9.17) is 4.74 Å².